The first-order chi connectivity index (χ1) is 13.3. The quantitative estimate of drug-likeness (QED) is 0.671. The molecule has 1 fully saturated rings. The predicted octanol–water partition coefficient (Wildman–Crippen LogP) is 4.10. The van der Waals surface area contributed by atoms with E-state index in [0.717, 1.165) is 37.6 Å². The normalized spacial score (nSPS) is 15.3. The van der Waals surface area contributed by atoms with Crippen molar-refractivity contribution in [2.24, 2.45) is 0 Å². The first-order valence-corrected chi connectivity index (χ1v) is 9.83. The van der Waals surface area contributed by atoms with Crippen molar-refractivity contribution in [2.75, 3.05) is 31.1 Å². The van der Waals surface area contributed by atoms with Gasteiger partial charge >= 0.3 is 0 Å². The molecule has 1 aliphatic heterocycles. The largest absolute Gasteiger partial charge is 0.420 e. The molecule has 27 heavy (non-hydrogen) atoms. The van der Waals surface area contributed by atoms with Gasteiger partial charge in [0, 0.05) is 43.7 Å². The van der Waals surface area contributed by atoms with Gasteiger partial charge in [0.2, 0.25) is 17.5 Å². The van der Waals surface area contributed by atoms with Crippen LogP contribution in [0.5, 0.6) is 0 Å². The van der Waals surface area contributed by atoms with Gasteiger partial charge in [0.1, 0.15) is 6.07 Å². The van der Waals surface area contributed by atoms with Gasteiger partial charge in [0.05, 0.1) is 0 Å². The molecule has 1 saturated heterocycles. The number of benzene rings is 1. The molecular formula is C21H20N4OS. The van der Waals surface area contributed by atoms with E-state index in [1.807, 2.05) is 35.7 Å². The number of aromatic nitrogens is 1. The van der Waals surface area contributed by atoms with Crippen molar-refractivity contribution in [3.8, 4) is 6.07 Å². The van der Waals surface area contributed by atoms with Gasteiger partial charge in [-0.2, -0.15) is 10.2 Å². The molecule has 0 unspecified atom stereocenters. The highest BCUT2D eigenvalue weighted by Crippen LogP contribution is 2.25. The van der Waals surface area contributed by atoms with Crippen LogP contribution in [0, 0.1) is 11.3 Å². The van der Waals surface area contributed by atoms with Crippen LogP contribution in [0.3, 0.4) is 0 Å². The molecule has 0 radical (unpaired) electrons. The van der Waals surface area contributed by atoms with Crippen LogP contribution in [0.2, 0.25) is 0 Å². The van der Waals surface area contributed by atoms with Gasteiger partial charge in [0.25, 0.3) is 0 Å². The molecular weight excluding hydrogens is 356 g/mol. The maximum Gasteiger partial charge on any atom is 0.235 e. The van der Waals surface area contributed by atoms with Gasteiger partial charge in [-0.1, -0.05) is 36.4 Å². The zero-order chi connectivity index (χ0) is 18.5. The smallest absolute Gasteiger partial charge is 0.235 e. The second-order valence-corrected chi connectivity index (χ2v) is 7.39. The minimum atomic E-state index is 0.359. The summed E-state index contributed by atoms with van der Waals surface area (Å²) in [5, 5.41) is 11.5. The van der Waals surface area contributed by atoms with Gasteiger partial charge < -0.3 is 9.32 Å². The summed E-state index contributed by atoms with van der Waals surface area (Å²) in [7, 11) is 0. The number of anilines is 1. The number of nitriles is 1. The highest BCUT2D eigenvalue weighted by Gasteiger charge is 2.23. The fraction of sp³-hybridized carbons (Fsp3) is 0.238. The standard InChI is InChI=1S/C21H20N4OS/c22-15-19-21(26-20(23-19)9-8-18-7-4-14-27-18)25-12-10-24(11-13-25)16-17-5-2-1-3-6-17/h1-9,14H,10-13,16H2. The zero-order valence-corrected chi connectivity index (χ0v) is 15.7. The lowest BCUT2D eigenvalue weighted by atomic mass is 10.2. The van der Waals surface area contributed by atoms with Crippen LogP contribution in [-0.4, -0.2) is 36.1 Å². The topological polar surface area (TPSA) is 56.3 Å². The summed E-state index contributed by atoms with van der Waals surface area (Å²) in [6.07, 6.45) is 3.78. The summed E-state index contributed by atoms with van der Waals surface area (Å²) in [6.45, 7) is 4.46. The van der Waals surface area contributed by atoms with Gasteiger partial charge in [0.15, 0.2) is 0 Å². The summed E-state index contributed by atoms with van der Waals surface area (Å²) in [5.74, 6) is 1.06. The first kappa shape index (κ1) is 17.5. The second kappa shape index (κ2) is 8.21. The molecule has 1 aromatic carbocycles. The van der Waals surface area contributed by atoms with E-state index in [9.17, 15) is 5.26 Å². The van der Waals surface area contributed by atoms with Crippen molar-refractivity contribution in [1.82, 2.24) is 9.88 Å². The Morgan fingerprint density at radius 3 is 2.59 bits per heavy atom. The van der Waals surface area contributed by atoms with Crippen LogP contribution < -0.4 is 4.90 Å². The molecule has 136 valence electrons. The van der Waals surface area contributed by atoms with Gasteiger partial charge in [-0.3, -0.25) is 4.90 Å². The van der Waals surface area contributed by atoms with E-state index in [2.05, 4.69) is 45.1 Å². The number of rotatable bonds is 5. The van der Waals surface area contributed by atoms with Gasteiger partial charge in [-0.15, -0.1) is 11.3 Å². The number of hydrogen-bond acceptors (Lipinski definition) is 6. The van der Waals surface area contributed by atoms with Crippen LogP contribution >= 0.6 is 11.3 Å². The van der Waals surface area contributed by atoms with Gasteiger partial charge in [-0.25, -0.2) is 0 Å². The molecule has 0 N–H and O–H groups in total. The maximum absolute atomic E-state index is 9.43. The van der Waals surface area contributed by atoms with Crippen LogP contribution in [-0.2, 0) is 6.54 Å². The Hall–Kier alpha value is -2.88. The summed E-state index contributed by atoms with van der Waals surface area (Å²) >= 11 is 1.65. The molecule has 1 aliphatic rings. The second-order valence-electron chi connectivity index (χ2n) is 6.42. The molecule has 0 amide bonds. The Labute approximate surface area is 162 Å². The maximum atomic E-state index is 9.43. The third-order valence-corrected chi connectivity index (χ3v) is 5.41. The lowest BCUT2D eigenvalue weighted by Gasteiger charge is -2.34. The van der Waals surface area contributed by atoms with Crippen molar-refractivity contribution in [3.63, 3.8) is 0 Å². The highest BCUT2D eigenvalue weighted by atomic mass is 32.1. The number of thiophene rings is 1. The summed E-state index contributed by atoms with van der Waals surface area (Å²) in [6, 6.07) is 16.7. The monoisotopic (exact) mass is 376 g/mol. The molecule has 0 bridgehead atoms. The first-order valence-electron chi connectivity index (χ1n) is 8.95. The van der Waals surface area contributed by atoms with Crippen molar-refractivity contribution in [1.29, 1.82) is 5.26 Å². The van der Waals surface area contributed by atoms with Crippen LogP contribution in [0.1, 0.15) is 22.0 Å². The Morgan fingerprint density at radius 1 is 1.07 bits per heavy atom. The average molecular weight is 376 g/mol. The third-order valence-electron chi connectivity index (χ3n) is 4.57. The molecule has 4 rings (SSSR count). The molecule has 0 saturated carbocycles. The number of hydrogen-bond donors (Lipinski definition) is 0. The fourth-order valence-corrected chi connectivity index (χ4v) is 3.79. The van der Waals surface area contributed by atoms with Crippen molar-refractivity contribution >= 4 is 29.4 Å². The Kier molecular flexibility index (Phi) is 5.33. The highest BCUT2D eigenvalue weighted by molar-refractivity contribution is 7.10. The lowest BCUT2D eigenvalue weighted by molar-refractivity contribution is 0.246. The summed E-state index contributed by atoms with van der Waals surface area (Å²) in [5.41, 5.74) is 1.68. The van der Waals surface area contributed by atoms with E-state index in [-0.39, 0.29) is 0 Å². The van der Waals surface area contributed by atoms with Crippen molar-refractivity contribution in [2.45, 2.75) is 6.54 Å². The number of oxazole rings is 1. The molecule has 6 heteroatoms. The Balaban J connectivity index is 1.41. The molecule has 0 atom stereocenters. The molecule has 0 spiro atoms. The molecule has 5 nitrogen and oxygen atoms in total. The molecule has 3 aromatic rings. The van der Waals surface area contributed by atoms with Crippen molar-refractivity contribution < 1.29 is 4.42 Å². The van der Waals surface area contributed by atoms with Crippen molar-refractivity contribution in [3.05, 3.63) is 69.9 Å². The molecule has 0 aliphatic carbocycles. The minimum absolute atomic E-state index is 0.359. The SMILES string of the molecule is N#Cc1nc(C=Cc2cccs2)oc1N1CCN(Cc2ccccc2)CC1. The van der Waals surface area contributed by atoms with Gasteiger partial charge in [-0.05, 0) is 23.1 Å². The average Bonchev–Trinajstić information content (AvgIpc) is 3.37. The Bertz CT molecular complexity index is 932. The molecule has 2 aromatic heterocycles. The van der Waals surface area contributed by atoms with Crippen LogP contribution in [0.25, 0.3) is 12.2 Å². The summed E-state index contributed by atoms with van der Waals surface area (Å²) < 4.78 is 5.89. The number of nitrogens with zero attached hydrogens (tertiary/aromatic N) is 4. The lowest BCUT2D eigenvalue weighted by Crippen LogP contribution is -2.46. The summed E-state index contributed by atoms with van der Waals surface area (Å²) in [4.78, 5) is 10.00. The van der Waals surface area contributed by atoms with E-state index < -0.39 is 0 Å². The Morgan fingerprint density at radius 2 is 1.89 bits per heavy atom. The van der Waals surface area contributed by atoms with E-state index in [4.69, 9.17) is 4.42 Å². The van der Waals surface area contributed by atoms with E-state index in [1.165, 1.54) is 5.56 Å². The predicted molar refractivity (Wildman–Crippen MR) is 108 cm³/mol. The van der Waals surface area contributed by atoms with Crippen LogP contribution in [0.15, 0.2) is 52.3 Å². The molecule has 3 heterocycles. The third kappa shape index (κ3) is 4.27. The van der Waals surface area contributed by atoms with Crippen LogP contribution in [0.4, 0.5) is 5.88 Å². The van der Waals surface area contributed by atoms with E-state index in [0.29, 0.717) is 17.5 Å². The number of piperazine rings is 1. The minimum Gasteiger partial charge on any atom is -0.420 e. The van der Waals surface area contributed by atoms with E-state index >= 15 is 0 Å². The zero-order valence-electron chi connectivity index (χ0n) is 14.9. The fourth-order valence-electron chi connectivity index (χ4n) is 3.18. The van der Waals surface area contributed by atoms with E-state index in [1.54, 1.807) is 11.3 Å².